The van der Waals surface area contributed by atoms with Crippen LogP contribution in [0.3, 0.4) is 0 Å². The van der Waals surface area contributed by atoms with Crippen molar-refractivity contribution in [3.8, 4) is 17.2 Å². The van der Waals surface area contributed by atoms with Gasteiger partial charge in [-0.25, -0.2) is 0 Å². The Morgan fingerprint density at radius 1 is 1.25 bits per heavy atom. The number of nitrogens with one attached hydrogen (secondary N) is 1. The number of aliphatic hydroxyl groups is 1. The van der Waals surface area contributed by atoms with E-state index in [4.69, 9.17) is 29.9 Å². The molecule has 4 N–H and O–H groups in total. The molecule has 0 radical (unpaired) electrons. The molecule has 0 spiro atoms. The number of likely N-dealkylation sites (tertiary alicyclic amines) is 1. The van der Waals surface area contributed by atoms with Crippen LogP contribution in [0.25, 0.3) is 0 Å². The predicted molar refractivity (Wildman–Crippen MR) is 120 cm³/mol. The summed E-state index contributed by atoms with van der Waals surface area (Å²) < 4.78 is 42.4. The maximum absolute atomic E-state index is 13.0. The average molecular weight is 464 g/mol. The molecule has 10 heteroatoms. The van der Waals surface area contributed by atoms with Gasteiger partial charge in [0, 0.05) is 24.7 Å². The molecule has 1 saturated heterocycles. The molecule has 0 unspecified atom stereocenters. The predicted octanol–water partition coefficient (Wildman–Crippen LogP) is 2.22. The Morgan fingerprint density at radius 3 is 2.59 bits per heavy atom. The van der Waals surface area contributed by atoms with Crippen LogP contribution in [-0.4, -0.2) is 57.8 Å². The summed E-state index contributed by atoms with van der Waals surface area (Å²) in [5.41, 5.74) is 7.32. The lowest BCUT2D eigenvalue weighted by atomic mass is 9.88. The number of ether oxygens (including phenoxy) is 2. The first-order valence-corrected chi connectivity index (χ1v) is 11.7. The summed E-state index contributed by atoms with van der Waals surface area (Å²) in [6.07, 6.45) is 1.52. The second-order valence-corrected chi connectivity index (χ2v) is 9.16. The van der Waals surface area contributed by atoms with E-state index in [2.05, 4.69) is 0 Å². The summed E-state index contributed by atoms with van der Waals surface area (Å²) in [7, 11) is -2.67. The molecule has 1 heterocycles. The van der Waals surface area contributed by atoms with Gasteiger partial charge >= 0.3 is 10.1 Å². The van der Waals surface area contributed by atoms with Crippen LogP contribution in [-0.2, 0) is 10.1 Å². The number of piperidine rings is 1. The molecule has 1 fully saturated rings. The number of aliphatic hydroxyl groups excluding tert-OH is 1. The standard InChI is InChI=1S/C22H29N3O6S/c1-15-12-19(16-6-8-25(9-7-16)22(23)24)21(29-2)20(13-15)31-32(27,28)18-5-3-4-17(14-18)30-11-10-26/h3-5,12-14,16,26H,6-11H2,1-2H3,(H3,23,24). The monoisotopic (exact) mass is 463 g/mol. The van der Waals surface area contributed by atoms with Crippen molar-refractivity contribution in [3.63, 3.8) is 0 Å². The molecule has 0 amide bonds. The van der Waals surface area contributed by atoms with Crippen LogP contribution in [0.1, 0.15) is 29.9 Å². The third kappa shape index (κ3) is 5.43. The van der Waals surface area contributed by atoms with Crippen LogP contribution in [0.15, 0.2) is 41.3 Å². The lowest BCUT2D eigenvalue weighted by molar-refractivity contribution is 0.201. The summed E-state index contributed by atoms with van der Waals surface area (Å²) in [5.74, 6) is 1.00. The van der Waals surface area contributed by atoms with E-state index in [0.717, 1.165) is 24.0 Å². The normalized spacial score (nSPS) is 14.8. The number of benzene rings is 2. The molecule has 32 heavy (non-hydrogen) atoms. The number of hydrogen-bond donors (Lipinski definition) is 3. The van der Waals surface area contributed by atoms with E-state index in [-0.39, 0.29) is 35.7 Å². The third-order valence-corrected chi connectivity index (χ3v) is 6.59. The first-order valence-electron chi connectivity index (χ1n) is 10.3. The quantitative estimate of drug-likeness (QED) is 0.308. The molecule has 2 aromatic carbocycles. The molecule has 9 nitrogen and oxygen atoms in total. The van der Waals surface area contributed by atoms with Crippen LogP contribution < -0.4 is 19.4 Å². The molecular weight excluding hydrogens is 434 g/mol. The maximum atomic E-state index is 13.0. The minimum absolute atomic E-state index is 0.0555. The van der Waals surface area contributed by atoms with Gasteiger partial charge in [0.1, 0.15) is 17.3 Å². The number of aryl methyl sites for hydroxylation is 1. The molecule has 2 aromatic rings. The van der Waals surface area contributed by atoms with E-state index in [1.54, 1.807) is 18.2 Å². The van der Waals surface area contributed by atoms with Crippen molar-refractivity contribution in [1.29, 1.82) is 5.41 Å². The smallest absolute Gasteiger partial charge is 0.339 e. The summed E-state index contributed by atoms with van der Waals surface area (Å²) in [6.45, 7) is 3.04. The Morgan fingerprint density at radius 2 is 1.97 bits per heavy atom. The first kappa shape index (κ1) is 23.7. The van der Waals surface area contributed by atoms with E-state index < -0.39 is 10.1 Å². The van der Waals surface area contributed by atoms with E-state index in [1.807, 2.05) is 17.9 Å². The fraction of sp³-hybridized carbons (Fsp3) is 0.409. The van der Waals surface area contributed by atoms with E-state index in [9.17, 15) is 8.42 Å². The number of nitrogens with zero attached hydrogens (tertiary/aromatic N) is 1. The van der Waals surface area contributed by atoms with Crippen LogP contribution in [0.4, 0.5) is 0 Å². The van der Waals surface area contributed by atoms with Gasteiger partial charge in [0.2, 0.25) is 0 Å². The molecule has 0 bridgehead atoms. The second-order valence-electron chi connectivity index (χ2n) is 7.62. The van der Waals surface area contributed by atoms with Crippen molar-refractivity contribution in [2.45, 2.75) is 30.6 Å². The Labute approximate surface area is 188 Å². The zero-order valence-corrected chi connectivity index (χ0v) is 19.0. The molecule has 0 atom stereocenters. The highest BCUT2D eigenvalue weighted by Gasteiger charge is 2.28. The van der Waals surface area contributed by atoms with Gasteiger partial charge in [-0.05, 0) is 49.4 Å². The average Bonchev–Trinajstić information content (AvgIpc) is 2.77. The lowest BCUT2D eigenvalue weighted by Gasteiger charge is -2.33. The van der Waals surface area contributed by atoms with E-state index in [1.165, 1.54) is 19.2 Å². The SMILES string of the molecule is COc1c(OS(=O)(=O)c2cccc(OCCO)c2)cc(C)cc1C1CCN(C(=N)N)CC1. The second kappa shape index (κ2) is 10.1. The molecule has 0 saturated carbocycles. The Hall–Kier alpha value is -2.98. The van der Waals surface area contributed by atoms with Crippen molar-refractivity contribution in [1.82, 2.24) is 4.90 Å². The van der Waals surface area contributed by atoms with Gasteiger partial charge in [-0.15, -0.1) is 0 Å². The van der Waals surface area contributed by atoms with Gasteiger partial charge < -0.3 is 29.4 Å². The largest absolute Gasteiger partial charge is 0.492 e. The molecular formula is C22H29N3O6S. The summed E-state index contributed by atoms with van der Waals surface area (Å²) in [4.78, 5) is 1.75. The zero-order valence-electron chi connectivity index (χ0n) is 18.2. The molecule has 1 aliphatic rings. The molecule has 3 rings (SSSR count). The minimum Gasteiger partial charge on any atom is -0.492 e. The van der Waals surface area contributed by atoms with Crippen molar-refractivity contribution in [3.05, 3.63) is 47.5 Å². The molecule has 0 aliphatic carbocycles. The topological polar surface area (TPSA) is 135 Å². The Kier molecular flexibility index (Phi) is 7.47. The van der Waals surface area contributed by atoms with Crippen LogP contribution in [0.2, 0.25) is 0 Å². The van der Waals surface area contributed by atoms with Crippen molar-refractivity contribution in [2.75, 3.05) is 33.4 Å². The molecule has 1 aliphatic heterocycles. The fourth-order valence-electron chi connectivity index (χ4n) is 3.83. The molecule has 174 valence electrons. The highest BCUT2D eigenvalue weighted by Crippen LogP contribution is 2.42. The van der Waals surface area contributed by atoms with Gasteiger partial charge in [0.05, 0.1) is 13.7 Å². The Bertz CT molecular complexity index is 1070. The van der Waals surface area contributed by atoms with Gasteiger partial charge in [0.15, 0.2) is 17.5 Å². The lowest BCUT2D eigenvalue weighted by Crippen LogP contribution is -2.41. The highest BCUT2D eigenvalue weighted by atomic mass is 32.2. The van der Waals surface area contributed by atoms with Crippen LogP contribution in [0.5, 0.6) is 17.2 Å². The van der Waals surface area contributed by atoms with Crippen LogP contribution >= 0.6 is 0 Å². The van der Waals surface area contributed by atoms with E-state index in [0.29, 0.717) is 24.6 Å². The molecule has 0 aromatic heterocycles. The minimum atomic E-state index is -4.15. The van der Waals surface area contributed by atoms with Crippen LogP contribution in [0, 0.1) is 12.3 Å². The number of methoxy groups -OCH3 is 1. The number of guanidine groups is 1. The fourth-order valence-corrected chi connectivity index (χ4v) is 4.79. The highest BCUT2D eigenvalue weighted by molar-refractivity contribution is 7.87. The third-order valence-electron chi connectivity index (χ3n) is 5.36. The number of rotatable bonds is 8. The van der Waals surface area contributed by atoms with Crippen molar-refractivity contribution < 1.29 is 27.2 Å². The maximum Gasteiger partial charge on any atom is 0.339 e. The Balaban J connectivity index is 1.89. The number of hydrogen-bond acceptors (Lipinski definition) is 7. The van der Waals surface area contributed by atoms with Gasteiger partial charge in [0.25, 0.3) is 0 Å². The van der Waals surface area contributed by atoms with Crippen molar-refractivity contribution in [2.24, 2.45) is 5.73 Å². The van der Waals surface area contributed by atoms with Crippen molar-refractivity contribution >= 4 is 16.1 Å². The summed E-state index contributed by atoms with van der Waals surface area (Å²) in [6, 6.07) is 9.54. The summed E-state index contributed by atoms with van der Waals surface area (Å²) >= 11 is 0. The zero-order chi connectivity index (χ0) is 23.3. The van der Waals surface area contributed by atoms with Gasteiger partial charge in [-0.2, -0.15) is 8.42 Å². The first-order chi connectivity index (χ1) is 15.2. The number of nitrogens with two attached hydrogens (primary N) is 1. The summed E-state index contributed by atoms with van der Waals surface area (Å²) in [5, 5.41) is 16.5. The van der Waals surface area contributed by atoms with E-state index >= 15 is 0 Å². The van der Waals surface area contributed by atoms with Gasteiger partial charge in [-0.3, -0.25) is 5.41 Å². The van der Waals surface area contributed by atoms with Gasteiger partial charge in [-0.1, -0.05) is 12.1 Å².